The van der Waals surface area contributed by atoms with E-state index in [-0.39, 0.29) is 19.1 Å². The minimum atomic E-state index is -4.33. The normalized spacial score (nSPS) is 12.0. The van der Waals surface area contributed by atoms with Crippen LogP contribution in [0.5, 0.6) is 5.75 Å². The zero-order valence-corrected chi connectivity index (χ0v) is 12.8. The summed E-state index contributed by atoms with van der Waals surface area (Å²) in [6.07, 6.45) is -0.871. The van der Waals surface area contributed by atoms with E-state index in [4.69, 9.17) is 9.47 Å². The first-order chi connectivity index (χ1) is 11.5. The number of halogens is 3. The molecule has 0 aliphatic rings. The third-order valence-electron chi connectivity index (χ3n) is 3.16. The number of phenols is 1. The quantitative estimate of drug-likeness (QED) is 0.592. The molecule has 0 spiro atoms. The van der Waals surface area contributed by atoms with Crippen LogP contribution in [0.15, 0.2) is 54.6 Å². The Bertz CT molecular complexity index is 664. The molecule has 0 unspecified atom stereocenters. The minimum Gasteiger partial charge on any atom is -0.507 e. The molecular formula is C18H17F3O3. The van der Waals surface area contributed by atoms with Crippen LogP contribution in [-0.2, 0) is 22.3 Å². The topological polar surface area (TPSA) is 38.7 Å². The van der Waals surface area contributed by atoms with E-state index in [0.717, 1.165) is 12.1 Å². The van der Waals surface area contributed by atoms with Crippen molar-refractivity contribution in [3.05, 3.63) is 71.3 Å². The van der Waals surface area contributed by atoms with Crippen LogP contribution in [0.2, 0.25) is 0 Å². The maximum atomic E-state index is 12.4. The molecule has 24 heavy (non-hydrogen) atoms. The molecule has 0 amide bonds. The lowest BCUT2D eigenvalue weighted by Crippen LogP contribution is -2.05. The van der Waals surface area contributed by atoms with Gasteiger partial charge in [-0.2, -0.15) is 13.2 Å². The van der Waals surface area contributed by atoms with Gasteiger partial charge in [0, 0.05) is 5.56 Å². The van der Waals surface area contributed by atoms with E-state index >= 15 is 0 Å². The summed E-state index contributed by atoms with van der Waals surface area (Å²) in [5.74, 6) is 0.187. The highest BCUT2D eigenvalue weighted by Gasteiger charge is 2.29. The van der Waals surface area contributed by atoms with Crippen LogP contribution in [0.25, 0.3) is 6.08 Å². The zero-order chi connectivity index (χ0) is 17.4. The van der Waals surface area contributed by atoms with E-state index in [1.165, 1.54) is 12.1 Å². The maximum Gasteiger partial charge on any atom is 0.416 e. The molecule has 128 valence electrons. The first-order valence-electron chi connectivity index (χ1n) is 7.23. The van der Waals surface area contributed by atoms with Gasteiger partial charge < -0.3 is 14.6 Å². The van der Waals surface area contributed by atoms with Gasteiger partial charge in [0.25, 0.3) is 0 Å². The van der Waals surface area contributed by atoms with Crippen molar-refractivity contribution >= 4 is 6.08 Å². The number of benzene rings is 2. The van der Waals surface area contributed by atoms with Crippen molar-refractivity contribution in [3.8, 4) is 5.75 Å². The van der Waals surface area contributed by atoms with Crippen molar-refractivity contribution in [2.24, 2.45) is 0 Å². The number of ether oxygens (including phenoxy) is 2. The third-order valence-corrected chi connectivity index (χ3v) is 3.16. The van der Waals surface area contributed by atoms with Gasteiger partial charge in [0.15, 0.2) is 0 Å². The van der Waals surface area contributed by atoms with Gasteiger partial charge in [0.05, 0.1) is 18.8 Å². The van der Waals surface area contributed by atoms with Crippen molar-refractivity contribution in [3.63, 3.8) is 0 Å². The lowest BCUT2D eigenvalue weighted by atomic mass is 10.1. The predicted molar refractivity (Wildman–Crippen MR) is 84.2 cm³/mol. The van der Waals surface area contributed by atoms with Crippen LogP contribution in [0.3, 0.4) is 0 Å². The number of rotatable bonds is 7. The molecule has 0 aliphatic carbocycles. The van der Waals surface area contributed by atoms with Crippen LogP contribution in [0, 0.1) is 0 Å². The molecule has 2 rings (SSSR count). The lowest BCUT2D eigenvalue weighted by Gasteiger charge is -2.08. The van der Waals surface area contributed by atoms with Gasteiger partial charge in [-0.1, -0.05) is 42.5 Å². The zero-order valence-electron chi connectivity index (χ0n) is 12.8. The largest absolute Gasteiger partial charge is 0.507 e. The Morgan fingerprint density at radius 1 is 0.958 bits per heavy atom. The summed E-state index contributed by atoms with van der Waals surface area (Å²) in [5.41, 5.74) is 0.639. The standard InChI is InChI=1S/C18H17F3O3/c19-18(20,21)16-9-7-14(8-10-16)12-24-13-23-11-3-5-15-4-1-2-6-17(15)22/h1-10,22H,11-13H2/b5-3+. The van der Waals surface area contributed by atoms with Crippen LogP contribution in [0.1, 0.15) is 16.7 Å². The fraction of sp³-hybridized carbons (Fsp3) is 0.222. The van der Waals surface area contributed by atoms with Crippen LogP contribution >= 0.6 is 0 Å². The SMILES string of the molecule is Oc1ccccc1/C=C/COCOCc1ccc(C(F)(F)F)cc1. The predicted octanol–water partition coefficient (Wildman–Crippen LogP) is 4.62. The smallest absolute Gasteiger partial charge is 0.416 e. The summed E-state index contributed by atoms with van der Waals surface area (Å²) in [6.45, 7) is 0.481. The summed E-state index contributed by atoms with van der Waals surface area (Å²) in [6, 6.07) is 11.7. The van der Waals surface area contributed by atoms with Crippen molar-refractivity contribution < 1.29 is 27.8 Å². The first-order valence-corrected chi connectivity index (χ1v) is 7.23. The Morgan fingerprint density at radius 3 is 2.33 bits per heavy atom. The molecule has 0 aliphatic heterocycles. The number of aromatic hydroxyl groups is 1. The molecule has 0 atom stereocenters. The minimum absolute atomic E-state index is 0.0200. The first kappa shape index (κ1) is 18.0. The number of para-hydroxylation sites is 1. The maximum absolute atomic E-state index is 12.4. The Kier molecular flexibility index (Phi) is 6.40. The van der Waals surface area contributed by atoms with Gasteiger partial charge >= 0.3 is 6.18 Å². The van der Waals surface area contributed by atoms with Crippen LogP contribution in [0.4, 0.5) is 13.2 Å². The highest BCUT2D eigenvalue weighted by Crippen LogP contribution is 2.29. The molecule has 2 aromatic carbocycles. The van der Waals surface area contributed by atoms with Gasteiger partial charge in [-0.15, -0.1) is 0 Å². The van der Waals surface area contributed by atoms with Gasteiger partial charge in [0.1, 0.15) is 12.5 Å². The van der Waals surface area contributed by atoms with E-state index < -0.39 is 11.7 Å². The Balaban J connectivity index is 1.66. The molecule has 6 heteroatoms. The molecule has 0 saturated carbocycles. The second kappa shape index (κ2) is 8.52. The van der Waals surface area contributed by atoms with E-state index in [1.54, 1.807) is 30.4 Å². The molecule has 0 bridgehead atoms. The van der Waals surface area contributed by atoms with Crippen LogP contribution < -0.4 is 0 Å². The average Bonchev–Trinajstić information content (AvgIpc) is 2.55. The molecule has 0 saturated heterocycles. The van der Waals surface area contributed by atoms with E-state index in [9.17, 15) is 18.3 Å². The molecule has 3 nitrogen and oxygen atoms in total. The van der Waals surface area contributed by atoms with Crippen molar-refractivity contribution in [2.45, 2.75) is 12.8 Å². The average molecular weight is 338 g/mol. The molecule has 0 radical (unpaired) electrons. The Morgan fingerprint density at radius 2 is 1.67 bits per heavy atom. The van der Waals surface area contributed by atoms with Crippen LogP contribution in [-0.4, -0.2) is 18.5 Å². The fourth-order valence-corrected chi connectivity index (χ4v) is 1.93. The summed E-state index contributed by atoms with van der Waals surface area (Å²) in [4.78, 5) is 0. The summed E-state index contributed by atoms with van der Waals surface area (Å²) in [5, 5.41) is 9.56. The monoisotopic (exact) mass is 338 g/mol. The summed E-state index contributed by atoms with van der Waals surface area (Å²) >= 11 is 0. The second-order valence-corrected chi connectivity index (χ2v) is 4.99. The molecule has 0 fully saturated rings. The molecule has 0 aromatic heterocycles. The summed E-state index contributed by atoms with van der Waals surface area (Å²) < 4.78 is 47.7. The molecule has 2 aromatic rings. The van der Waals surface area contributed by atoms with Gasteiger partial charge in [-0.25, -0.2) is 0 Å². The number of phenolic OH excluding ortho intramolecular Hbond substituents is 1. The Labute approximate surface area is 138 Å². The highest BCUT2D eigenvalue weighted by atomic mass is 19.4. The van der Waals surface area contributed by atoms with E-state index in [0.29, 0.717) is 17.7 Å². The lowest BCUT2D eigenvalue weighted by molar-refractivity contribution is -0.137. The highest BCUT2D eigenvalue weighted by molar-refractivity contribution is 5.56. The number of hydrogen-bond acceptors (Lipinski definition) is 3. The van der Waals surface area contributed by atoms with E-state index in [2.05, 4.69) is 0 Å². The Hall–Kier alpha value is -2.31. The van der Waals surface area contributed by atoms with Crippen molar-refractivity contribution in [2.75, 3.05) is 13.4 Å². The number of alkyl halides is 3. The van der Waals surface area contributed by atoms with Gasteiger partial charge in [-0.3, -0.25) is 0 Å². The van der Waals surface area contributed by atoms with E-state index in [1.807, 2.05) is 6.07 Å². The summed E-state index contributed by atoms with van der Waals surface area (Å²) in [7, 11) is 0. The fourth-order valence-electron chi connectivity index (χ4n) is 1.93. The van der Waals surface area contributed by atoms with Gasteiger partial charge in [0.2, 0.25) is 0 Å². The molecular weight excluding hydrogens is 321 g/mol. The van der Waals surface area contributed by atoms with Gasteiger partial charge in [-0.05, 0) is 23.8 Å². The van der Waals surface area contributed by atoms with Crippen molar-refractivity contribution in [1.82, 2.24) is 0 Å². The second-order valence-electron chi connectivity index (χ2n) is 4.99. The molecule has 0 heterocycles. The van der Waals surface area contributed by atoms with Crippen molar-refractivity contribution in [1.29, 1.82) is 0 Å². The third kappa shape index (κ3) is 5.72. The number of hydrogen-bond donors (Lipinski definition) is 1. The molecule has 1 N–H and O–H groups in total.